The quantitative estimate of drug-likeness (QED) is 0.684. The van der Waals surface area contributed by atoms with Crippen molar-refractivity contribution in [2.24, 2.45) is 17.6 Å². The van der Waals surface area contributed by atoms with Crippen LogP contribution in [0, 0.1) is 11.8 Å². The van der Waals surface area contributed by atoms with Crippen LogP contribution in [-0.4, -0.2) is 25.5 Å². The lowest BCUT2D eigenvalue weighted by Crippen LogP contribution is -2.34. The fourth-order valence-electron chi connectivity index (χ4n) is 2.34. The normalized spacial score (nSPS) is 26.5. The van der Waals surface area contributed by atoms with Gasteiger partial charge in [0.25, 0.3) is 0 Å². The van der Waals surface area contributed by atoms with Gasteiger partial charge in [-0.25, -0.2) is 0 Å². The van der Waals surface area contributed by atoms with E-state index in [1.54, 1.807) is 0 Å². The van der Waals surface area contributed by atoms with E-state index in [0.717, 1.165) is 19.3 Å². The summed E-state index contributed by atoms with van der Waals surface area (Å²) in [6.45, 7) is 3.67. The number of Topliss-reactive ketones (excluding diaryl/α,β-unsaturated/α-hetero) is 1. The first-order valence-corrected chi connectivity index (χ1v) is 6.10. The molecule has 2 atom stereocenters. The van der Waals surface area contributed by atoms with Crippen LogP contribution in [0.5, 0.6) is 0 Å². The van der Waals surface area contributed by atoms with Gasteiger partial charge in [0.2, 0.25) is 0 Å². The second-order valence-corrected chi connectivity index (χ2v) is 4.41. The number of carbonyl (C=O) groups excluding carboxylic acids is 1. The highest BCUT2D eigenvalue weighted by atomic mass is 16.5. The van der Waals surface area contributed by atoms with Crippen molar-refractivity contribution in [3.8, 4) is 0 Å². The van der Waals surface area contributed by atoms with E-state index in [1.807, 2.05) is 6.92 Å². The first-order chi connectivity index (χ1) is 7.29. The first kappa shape index (κ1) is 12.7. The summed E-state index contributed by atoms with van der Waals surface area (Å²) in [4.78, 5) is 11.9. The predicted molar refractivity (Wildman–Crippen MR) is 60.6 cm³/mol. The SMILES string of the molecule is CCCOCC(=O)C1CCCCC1CN. The van der Waals surface area contributed by atoms with Crippen molar-refractivity contribution >= 4 is 5.78 Å². The number of hydrogen-bond acceptors (Lipinski definition) is 3. The number of ketones is 1. The molecule has 2 N–H and O–H groups in total. The van der Waals surface area contributed by atoms with E-state index in [4.69, 9.17) is 10.5 Å². The van der Waals surface area contributed by atoms with Gasteiger partial charge >= 0.3 is 0 Å². The Labute approximate surface area is 92.4 Å². The van der Waals surface area contributed by atoms with Crippen LogP contribution in [0.2, 0.25) is 0 Å². The Kier molecular flexibility index (Phi) is 5.88. The van der Waals surface area contributed by atoms with E-state index in [2.05, 4.69) is 0 Å². The average Bonchev–Trinajstić information content (AvgIpc) is 2.29. The minimum atomic E-state index is 0.167. The van der Waals surface area contributed by atoms with Crippen LogP contribution in [0.4, 0.5) is 0 Å². The van der Waals surface area contributed by atoms with E-state index in [9.17, 15) is 4.79 Å². The van der Waals surface area contributed by atoms with Gasteiger partial charge in [0.05, 0.1) is 0 Å². The fraction of sp³-hybridized carbons (Fsp3) is 0.917. The molecule has 1 aliphatic carbocycles. The van der Waals surface area contributed by atoms with Crippen molar-refractivity contribution in [2.75, 3.05) is 19.8 Å². The molecule has 0 saturated heterocycles. The summed E-state index contributed by atoms with van der Waals surface area (Å²) in [6.07, 6.45) is 5.48. The van der Waals surface area contributed by atoms with E-state index in [0.29, 0.717) is 19.1 Å². The number of nitrogens with two attached hydrogens (primary N) is 1. The smallest absolute Gasteiger partial charge is 0.161 e. The maximum Gasteiger partial charge on any atom is 0.161 e. The van der Waals surface area contributed by atoms with Gasteiger partial charge in [-0.2, -0.15) is 0 Å². The van der Waals surface area contributed by atoms with Crippen LogP contribution in [0.3, 0.4) is 0 Å². The Morgan fingerprint density at radius 2 is 2.13 bits per heavy atom. The zero-order chi connectivity index (χ0) is 11.1. The zero-order valence-corrected chi connectivity index (χ0v) is 9.71. The Morgan fingerprint density at radius 3 is 2.80 bits per heavy atom. The van der Waals surface area contributed by atoms with Crippen LogP contribution in [0.15, 0.2) is 0 Å². The van der Waals surface area contributed by atoms with Crippen LogP contribution in [0.1, 0.15) is 39.0 Å². The van der Waals surface area contributed by atoms with E-state index < -0.39 is 0 Å². The van der Waals surface area contributed by atoms with Gasteiger partial charge in [-0.3, -0.25) is 4.79 Å². The highest BCUT2D eigenvalue weighted by Crippen LogP contribution is 2.29. The second-order valence-electron chi connectivity index (χ2n) is 4.41. The summed E-state index contributed by atoms with van der Waals surface area (Å²) < 4.78 is 5.30. The Morgan fingerprint density at radius 1 is 1.40 bits per heavy atom. The molecule has 0 aliphatic heterocycles. The third-order valence-electron chi connectivity index (χ3n) is 3.22. The van der Waals surface area contributed by atoms with Gasteiger partial charge in [0.1, 0.15) is 6.61 Å². The third-order valence-corrected chi connectivity index (χ3v) is 3.22. The largest absolute Gasteiger partial charge is 0.374 e. The average molecular weight is 213 g/mol. The lowest BCUT2D eigenvalue weighted by Gasteiger charge is -2.29. The molecule has 0 bridgehead atoms. The maximum absolute atomic E-state index is 11.9. The topological polar surface area (TPSA) is 52.3 Å². The van der Waals surface area contributed by atoms with Crippen LogP contribution in [0.25, 0.3) is 0 Å². The molecule has 0 aromatic heterocycles. The molecular weight excluding hydrogens is 190 g/mol. The van der Waals surface area contributed by atoms with Gasteiger partial charge in [0, 0.05) is 12.5 Å². The van der Waals surface area contributed by atoms with Crippen molar-refractivity contribution in [1.82, 2.24) is 0 Å². The second kappa shape index (κ2) is 6.96. The van der Waals surface area contributed by atoms with Crippen molar-refractivity contribution in [2.45, 2.75) is 39.0 Å². The number of rotatable bonds is 6. The molecule has 2 unspecified atom stereocenters. The molecule has 0 spiro atoms. The molecule has 0 amide bonds. The molecule has 0 aromatic rings. The summed E-state index contributed by atoms with van der Waals surface area (Å²) in [5.41, 5.74) is 5.69. The molecule has 0 radical (unpaired) electrons. The standard InChI is InChI=1S/C12H23NO2/c1-2-7-15-9-12(14)11-6-4-3-5-10(11)8-13/h10-11H,2-9,13H2,1H3. The van der Waals surface area contributed by atoms with Crippen molar-refractivity contribution in [3.63, 3.8) is 0 Å². The Hall–Kier alpha value is -0.410. The van der Waals surface area contributed by atoms with E-state index in [-0.39, 0.29) is 18.3 Å². The maximum atomic E-state index is 11.9. The van der Waals surface area contributed by atoms with Gasteiger partial charge in [0.15, 0.2) is 5.78 Å². The zero-order valence-electron chi connectivity index (χ0n) is 9.71. The monoisotopic (exact) mass is 213 g/mol. The van der Waals surface area contributed by atoms with Gasteiger partial charge in [-0.15, -0.1) is 0 Å². The van der Waals surface area contributed by atoms with Crippen molar-refractivity contribution < 1.29 is 9.53 Å². The molecule has 88 valence electrons. The molecule has 1 fully saturated rings. The molecular formula is C12H23NO2. The number of carbonyl (C=O) groups is 1. The molecule has 3 nitrogen and oxygen atoms in total. The summed E-state index contributed by atoms with van der Waals surface area (Å²) in [5.74, 6) is 0.829. The predicted octanol–water partition coefficient (Wildman–Crippen LogP) is 1.75. The highest BCUT2D eigenvalue weighted by Gasteiger charge is 2.29. The molecule has 3 heteroatoms. The van der Waals surface area contributed by atoms with Crippen LogP contribution < -0.4 is 5.73 Å². The van der Waals surface area contributed by atoms with Crippen LogP contribution >= 0.6 is 0 Å². The summed E-state index contributed by atoms with van der Waals surface area (Å²) in [7, 11) is 0. The van der Waals surface area contributed by atoms with Crippen molar-refractivity contribution in [1.29, 1.82) is 0 Å². The van der Waals surface area contributed by atoms with Crippen molar-refractivity contribution in [3.05, 3.63) is 0 Å². The molecule has 0 heterocycles. The first-order valence-electron chi connectivity index (χ1n) is 6.10. The molecule has 1 aliphatic rings. The number of hydrogen-bond donors (Lipinski definition) is 1. The summed E-state index contributed by atoms with van der Waals surface area (Å²) in [6, 6.07) is 0. The summed E-state index contributed by atoms with van der Waals surface area (Å²) >= 11 is 0. The lowest BCUT2D eigenvalue weighted by molar-refractivity contribution is -0.130. The molecule has 0 aromatic carbocycles. The Balaban J connectivity index is 2.34. The third kappa shape index (κ3) is 3.92. The molecule has 15 heavy (non-hydrogen) atoms. The van der Waals surface area contributed by atoms with Crippen LogP contribution in [-0.2, 0) is 9.53 Å². The fourth-order valence-corrected chi connectivity index (χ4v) is 2.34. The van der Waals surface area contributed by atoms with Gasteiger partial charge < -0.3 is 10.5 Å². The molecule has 1 saturated carbocycles. The summed E-state index contributed by atoms with van der Waals surface area (Å²) in [5, 5.41) is 0. The lowest BCUT2D eigenvalue weighted by atomic mass is 9.77. The highest BCUT2D eigenvalue weighted by molar-refractivity contribution is 5.82. The van der Waals surface area contributed by atoms with E-state index in [1.165, 1.54) is 12.8 Å². The van der Waals surface area contributed by atoms with Gasteiger partial charge in [-0.05, 0) is 31.7 Å². The minimum absolute atomic E-state index is 0.167. The number of ether oxygens (including phenoxy) is 1. The molecule has 1 rings (SSSR count). The minimum Gasteiger partial charge on any atom is -0.374 e. The van der Waals surface area contributed by atoms with Gasteiger partial charge in [-0.1, -0.05) is 19.8 Å². The van der Waals surface area contributed by atoms with E-state index >= 15 is 0 Å². The Bertz CT molecular complexity index is 194.